The van der Waals surface area contributed by atoms with Crippen LogP contribution >= 0.6 is 0 Å². The molecular formula is C12H14O6. The highest BCUT2D eigenvalue weighted by Gasteiger charge is 2.18. The summed E-state index contributed by atoms with van der Waals surface area (Å²) in [4.78, 5) is 22.6. The van der Waals surface area contributed by atoms with Gasteiger partial charge in [-0.15, -0.1) is 0 Å². The predicted octanol–water partition coefficient (Wildman–Crippen LogP) is 1.16. The summed E-state index contributed by atoms with van der Waals surface area (Å²) in [5.74, 6) is -1.91. The van der Waals surface area contributed by atoms with Gasteiger partial charge in [0.05, 0.1) is 11.1 Å². The van der Waals surface area contributed by atoms with Crippen LogP contribution in [0.25, 0.3) is 0 Å². The number of benzene rings is 1. The third-order valence-electron chi connectivity index (χ3n) is 2.25. The quantitative estimate of drug-likeness (QED) is 0.606. The van der Waals surface area contributed by atoms with E-state index in [2.05, 4.69) is 0 Å². The lowest BCUT2D eigenvalue weighted by Crippen LogP contribution is -2.23. The van der Waals surface area contributed by atoms with Gasteiger partial charge in [0.15, 0.2) is 6.29 Å². The number of carbonyl (C=O) groups excluding carboxylic acids is 1. The molecule has 18 heavy (non-hydrogen) atoms. The monoisotopic (exact) mass is 254 g/mol. The molecule has 0 radical (unpaired) electrons. The molecule has 1 N–H and O–H groups in total. The van der Waals surface area contributed by atoms with Crippen LogP contribution in [0.3, 0.4) is 0 Å². The highest BCUT2D eigenvalue weighted by atomic mass is 16.7. The molecule has 0 aliphatic heterocycles. The van der Waals surface area contributed by atoms with Crippen LogP contribution < -0.4 is 0 Å². The fraction of sp³-hybridized carbons (Fsp3) is 0.333. The largest absolute Gasteiger partial charge is 0.478 e. The lowest BCUT2D eigenvalue weighted by atomic mass is 10.1. The summed E-state index contributed by atoms with van der Waals surface area (Å²) in [5.41, 5.74) is -0.107. The molecule has 0 saturated heterocycles. The van der Waals surface area contributed by atoms with E-state index in [9.17, 15) is 9.59 Å². The van der Waals surface area contributed by atoms with Crippen LogP contribution in [0.1, 0.15) is 20.7 Å². The molecule has 0 aromatic heterocycles. The Kier molecular flexibility index (Phi) is 5.29. The van der Waals surface area contributed by atoms with E-state index in [-0.39, 0.29) is 17.7 Å². The molecule has 1 aromatic carbocycles. The van der Waals surface area contributed by atoms with Crippen LogP contribution in [0, 0.1) is 0 Å². The van der Waals surface area contributed by atoms with E-state index in [1.807, 2.05) is 0 Å². The van der Waals surface area contributed by atoms with Gasteiger partial charge >= 0.3 is 11.9 Å². The molecular weight excluding hydrogens is 240 g/mol. The first-order valence-electron chi connectivity index (χ1n) is 5.15. The summed E-state index contributed by atoms with van der Waals surface area (Å²) >= 11 is 0. The molecule has 6 heteroatoms. The second-order valence-electron chi connectivity index (χ2n) is 3.35. The highest BCUT2D eigenvalue weighted by molar-refractivity contribution is 6.02. The van der Waals surface area contributed by atoms with Crippen LogP contribution in [-0.2, 0) is 14.2 Å². The molecule has 0 atom stereocenters. The van der Waals surface area contributed by atoms with Crippen molar-refractivity contribution < 1.29 is 28.9 Å². The van der Waals surface area contributed by atoms with Gasteiger partial charge < -0.3 is 19.3 Å². The van der Waals surface area contributed by atoms with Crippen LogP contribution in [0.5, 0.6) is 0 Å². The average Bonchev–Trinajstić information content (AvgIpc) is 2.39. The average molecular weight is 254 g/mol. The van der Waals surface area contributed by atoms with Gasteiger partial charge in [0.2, 0.25) is 0 Å². The maximum absolute atomic E-state index is 11.7. The Morgan fingerprint density at radius 2 is 1.72 bits per heavy atom. The van der Waals surface area contributed by atoms with E-state index in [4.69, 9.17) is 19.3 Å². The number of carboxylic acids is 1. The molecule has 0 aliphatic carbocycles. The molecule has 1 aromatic rings. The second kappa shape index (κ2) is 6.73. The van der Waals surface area contributed by atoms with Crippen molar-refractivity contribution in [2.24, 2.45) is 0 Å². The van der Waals surface area contributed by atoms with Crippen molar-refractivity contribution in [2.45, 2.75) is 6.29 Å². The summed E-state index contributed by atoms with van der Waals surface area (Å²) in [6.07, 6.45) is -0.675. The molecule has 0 amide bonds. The Balaban J connectivity index is 2.75. The number of hydrogen-bond acceptors (Lipinski definition) is 5. The minimum Gasteiger partial charge on any atom is -0.478 e. The molecule has 0 saturated carbocycles. The van der Waals surface area contributed by atoms with Crippen molar-refractivity contribution >= 4 is 11.9 Å². The molecule has 0 unspecified atom stereocenters. The summed E-state index contributed by atoms with van der Waals surface area (Å²) in [6, 6.07) is 5.82. The summed E-state index contributed by atoms with van der Waals surface area (Å²) in [7, 11) is 2.82. The maximum atomic E-state index is 11.7. The topological polar surface area (TPSA) is 82.1 Å². The fourth-order valence-corrected chi connectivity index (χ4v) is 1.30. The van der Waals surface area contributed by atoms with Gasteiger partial charge in [0, 0.05) is 14.2 Å². The van der Waals surface area contributed by atoms with Gasteiger partial charge in [-0.05, 0) is 12.1 Å². The number of carboxylic acid groups (broad SMARTS) is 1. The zero-order valence-corrected chi connectivity index (χ0v) is 10.1. The number of aromatic carboxylic acids is 1. The fourth-order valence-electron chi connectivity index (χ4n) is 1.30. The van der Waals surface area contributed by atoms with E-state index < -0.39 is 18.2 Å². The second-order valence-corrected chi connectivity index (χ2v) is 3.35. The van der Waals surface area contributed by atoms with Crippen LogP contribution in [0.4, 0.5) is 0 Å². The van der Waals surface area contributed by atoms with Gasteiger partial charge in [0.1, 0.15) is 6.61 Å². The van der Waals surface area contributed by atoms with E-state index in [0.717, 1.165) is 0 Å². The van der Waals surface area contributed by atoms with Gasteiger partial charge in [0.25, 0.3) is 0 Å². The third-order valence-corrected chi connectivity index (χ3v) is 2.25. The van der Waals surface area contributed by atoms with Crippen LogP contribution in [-0.4, -0.2) is 44.2 Å². The summed E-state index contributed by atoms with van der Waals surface area (Å²) in [6.45, 7) is -0.111. The Hall–Kier alpha value is -1.92. The van der Waals surface area contributed by atoms with E-state index in [1.54, 1.807) is 6.07 Å². The summed E-state index contributed by atoms with van der Waals surface area (Å²) < 4.78 is 14.6. The van der Waals surface area contributed by atoms with Gasteiger partial charge in [-0.3, -0.25) is 0 Å². The smallest absolute Gasteiger partial charge is 0.339 e. The molecule has 0 fully saturated rings. The van der Waals surface area contributed by atoms with Gasteiger partial charge in [-0.2, -0.15) is 0 Å². The Morgan fingerprint density at radius 3 is 2.22 bits per heavy atom. The van der Waals surface area contributed by atoms with E-state index >= 15 is 0 Å². The van der Waals surface area contributed by atoms with Gasteiger partial charge in [-0.25, -0.2) is 9.59 Å². The van der Waals surface area contributed by atoms with Crippen molar-refractivity contribution in [3.8, 4) is 0 Å². The minimum absolute atomic E-state index is 0.00374. The first kappa shape index (κ1) is 14.1. The molecule has 0 heterocycles. The minimum atomic E-state index is -1.18. The van der Waals surface area contributed by atoms with Crippen molar-refractivity contribution in [3.63, 3.8) is 0 Å². The van der Waals surface area contributed by atoms with Crippen molar-refractivity contribution in [3.05, 3.63) is 35.4 Å². The molecule has 1 rings (SSSR count). The number of methoxy groups -OCH3 is 2. The molecule has 0 spiro atoms. The van der Waals surface area contributed by atoms with E-state index in [1.165, 1.54) is 32.4 Å². The van der Waals surface area contributed by atoms with Crippen molar-refractivity contribution in [1.82, 2.24) is 0 Å². The first-order chi connectivity index (χ1) is 8.60. The van der Waals surface area contributed by atoms with E-state index in [0.29, 0.717) is 0 Å². The SMILES string of the molecule is COC(COC(=O)c1ccccc1C(=O)O)OC. The van der Waals surface area contributed by atoms with Crippen molar-refractivity contribution in [2.75, 3.05) is 20.8 Å². The number of carbonyl (C=O) groups is 2. The first-order valence-corrected chi connectivity index (χ1v) is 5.15. The number of esters is 1. The Labute approximate surface area is 104 Å². The number of rotatable bonds is 6. The lowest BCUT2D eigenvalue weighted by Gasteiger charge is -2.13. The predicted molar refractivity (Wildman–Crippen MR) is 61.5 cm³/mol. The Bertz CT molecular complexity index is 424. The Morgan fingerprint density at radius 1 is 1.17 bits per heavy atom. The number of hydrogen-bond donors (Lipinski definition) is 1. The summed E-state index contributed by atoms with van der Waals surface area (Å²) in [5, 5.41) is 8.93. The third kappa shape index (κ3) is 3.54. The normalized spacial score (nSPS) is 10.4. The number of ether oxygens (including phenoxy) is 3. The molecule has 0 aliphatic rings. The standard InChI is InChI=1S/C12H14O6/c1-16-10(17-2)7-18-12(15)9-6-4-3-5-8(9)11(13)14/h3-6,10H,7H2,1-2H3,(H,13,14). The maximum Gasteiger partial charge on any atom is 0.339 e. The molecule has 98 valence electrons. The van der Waals surface area contributed by atoms with Crippen LogP contribution in [0.2, 0.25) is 0 Å². The van der Waals surface area contributed by atoms with Crippen molar-refractivity contribution in [1.29, 1.82) is 0 Å². The van der Waals surface area contributed by atoms with Crippen LogP contribution in [0.15, 0.2) is 24.3 Å². The molecule has 0 bridgehead atoms. The zero-order chi connectivity index (χ0) is 13.5. The lowest BCUT2D eigenvalue weighted by molar-refractivity contribution is -0.129. The van der Waals surface area contributed by atoms with Gasteiger partial charge in [-0.1, -0.05) is 12.1 Å². The zero-order valence-electron chi connectivity index (χ0n) is 10.1. The highest BCUT2D eigenvalue weighted by Crippen LogP contribution is 2.10. The molecule has 6 nitrogen and oxygen atoms in total.